The monoisotopic (exact) mass is 396 g/mol. The molecule has 4 aromatic rings. The summed E-state index contributed by atoms with van der Waals surface area (Å²) in [5, 5.41) is 9.92. The Kier molecular flexibility index (Phi) is 3.82. The van der Waals surface area contributed by atoms with E-state index in [0.717, 1.165) is 47.4 Å². The van der Waals surface area contributed by atoms with E-state index in [9.17, 15) is 13.5 Å². The highest BCUT2D eigenvalue weighted by atomic mass is 32.2. The molecule has 2 N–H and O–H groups in total. The van der Waals surface area contributed by atoms with Crippen molar-refractivity contribution in [2.75, 3.05) is 6.26 Å². The standard InChI is InChI=1S/C20H20N4O3S/c1-28(26,27)16-4-2-3-12(8-16)17-9-18-19(23-17)21-10-14-11-22-20(24(14)18)13-5-6-15(25)7-13/h2-4,8-11,13,15,23,25H,5-7H2,1H3. The molecular weight excluding hydrogens is 376 g/mol. The van der Waals surface area contributed by atoms with E-state index in [0.29, 0.717) is 5.65 Å². The summed E-state index contributed by atoms with van der Waals surface area (Å²) in [6.45, 7) is 0. The third-order valence-corrected chi connectivity index (χ3v) is 6.61. The number of fused-ring (bicyclic) bond motifs is 3. The quantitative estimate of drug-likeness (QED) is 0.555. The molecule has 0 bridgehead atoms. The Morgan fingerprint density at radius 1 is 1.18 bits per heavy atom. The fraction of sp³-hybridized carbons (Fsp3) is 0.300. The molecular formula is C20H20N4O3S. The molecule has 1 aromatic carbocycles. The fourth-order valence-electron chi connectivity index (χ4n) is 4.10. The largest absolute Gasteiger partial charge is 0.393 e. The van der Waals surface area contributed by atoms with E-state index in [-0.39, 0.29) is 16.9 Å². The Morgan fingerprint density at radius 2 is 2.00 bits per heavy atom. The number of sulfone groups is 1. The van der Waals surface area contributed by atoms with Gasteiger partial charge in [-0.2, -0.15) is 0 Å². The molecule has 0 spiro atoms. The number of aliphatic hydroxyl groups is 1. The maximum atomic E-state index is 11.9. The molecule has 5 rings (SSSR count). The van der Waals surface area contributed by atoms with Crippen LogP contribution in [0.5, 0.6) is 0 Å². The third-order valence-electron chi connectivity index (χ3n) is 5.50. The lowest BCUT2D eigenvalue weighted by Gasteiger charge is -2.09. The number of nitrogens with zero attached hydrogens (tertiary/aromatic N) is 3. The number of hydrogen-bond donors (Lipinski definition) is 2. The summed E-state index contributed by atoms with van der Waals surface area (Å²) in [4.78, 5) is 12.7. The molecule has 1 aliphatic carbocycles. The van der Waals surface area contributed by atoms with Crippen LogP contribution in [0.25, 0.3) is 27.9 Å². The van der Waals surface area contributed by atoms with E-state index >= 15 is 0 Å². The summed E-state index contributed by atoms with van der Waals surface area (Å²) < 4.78 is 25.9. The first-order chi connectivity index (χ1) is 13.4. The van der Waals surface area contributed by atoms with Gasteiger partial charge in [-0.3, -0.25) is 4.40 Å². The van der Waals surface area contributed by atoms with E-state index in [1.807, 2.05) is 18.3 Å². The zero-order valence-electron chi connectivity index (χ0n) is 15.3. The molecule has 2 unspecified atom stereocenters. The molecule has 2 atom stereocenters. The van der Waals surface area contributed by atoms with Gasteiger partial charge in [0.15, 0.2) is 15.5 Å². The minimum atomic E-state index is -3.28. The van der Waals surface area contributed by atoms with E-state index < -0.39 is 9.84 Å². The van der Waals surface area contributed by atoms with Gasteiger partial charge in [0.1, 0.15) is 5.82 Å². The van der Waals surface area contributed by atoms with Crippen LogP contribution in [0.1, 0.15) is 31.0 Å². The topological polar surface area (TPSA) is 100 Å². The van der Waals surface area contributed by atoms with Crippen molar-refractivity contribution in [2.45, 2.75) is 36.2 Å². The summed E-state index contributed by atoms with van der Waals surface area (Å²) >= 11 is 0. The van der Waals surface area contributed by atoms with Crippen molar-refractivity contribution in [1.29, 1.82) is 0 Å². The molecule has 1 fully saturated rings. The maximum Gasteiger partial charge on any atom is 0.175 e. The van der Waals surface area contributed by atoms with E-state index in [2.05, 4.69) is 19.4 Å². The van der Waals surface area contributed by atoms with Gasteiger partial charge in [0.2, 0.25) is 0 Å². The Morgan fingerprint density at radius 3 is 2.75 bits per heavy atom. The molecule has 8 heteroatoms. The number of rotatable bonds is 3. The first kappa shape index (κ1) is 17.4. The van der Waals surface area contributed by atoms with Crippen LogP contribution in [0.3, 0.4) is 0 Å². The van der Waals surface area contributed by atoms with Gasteiger partial charge in [-0.15, -0.1) is 0 Å². The van der Waals surface area contributed by atoms with E-state index in [4.69, 9.17) is 0 Å². The molecule has 0 saturated heterocycles. The van der Waals surface area contributed by atoms with Gasteiger partial charge in [-0.05, 0) is 43.0 Å². The van der Waals surface area contributed by atoms with E-state index in [1.165, 1.54) is 6.26 Å². The van der Waals surface area contributed by atoms with Crippen molar-refractivity contribution in [3.05, 3.63) is 48.5 Å². The van der Waals surface area contributed by atoms with Gasteiger partial charge in [-0.25, -0.2) is 18.4 Å². The van der Waals surface area contributed by atoms with Crippen LogP contribution < -0.4 is 0 Å². The van der Waals surface area contributed by atoms with Crippen LogP contribution in [-0.4, -0.2) is 45.2 Å². The lowest BCUT2D eigenvalue weighted by atomic mass is 10.1. The summed E-state index contributed by atoms with van der Waals surface area (Å²) in [6, 6.07) is 8.85. The third kappa shape index (κ3) is 2.80. The summed E-state index contributed by atoms with van der Waals surface area (Å²) in [5.41, 5.74) is 4.09. The number of hydrogen-bond acceptors (Lipinski definition) is 5. The molecule has 0 aliphatic heterocycles. The Bertz CT molecular complexity index is 1310. The van der Waals surface area contributed by atoms with Crippen molar-refractivity contribution >= 4 is 26.5 Å². The highest BCUT2D eigenvalue weighted by Gasteiger charge is 2.28. The van der Waals surface area contributed by atoms with Gasteiger partial charge < -0.3 is 10.1 Å². The second kappa shape index (κ2) is 6.15. The van der Waals surface area contributed by atoms with Gasteiger partial charge in [0.05, 0.1) is 34.4 Å². The SMILES string of the molecule is CS(=O)(=O)c1cccc(-c2cc3c(ncc4cnc(C5CCC(O)C5)n43)[nH]2)c1. The fourth-order valence-corrected chi connectivity index (χ4v) is 4.76. The van der Waals surface area contributed by atoms with E-state index in [1.54, 1.807) is 24.4 Å². The first-order valence-electron chi connectivity index (χ1n) is 9.24. The lowest BCUT2D eigenvalue weighted by Crippen LogP contribution is -2.04. The highest BCUT2D eigenvalue weighted by Crippen LogP contribution is 2.35. The number of aromatic amines is 1. The number of nitrogens with one attached hydrogen (secondary N) is 1. The number of aromatic nitrogens is 4. The van der Waals surface area contributed by atoms with Crippen LogP contribution in [0.2, 0.25) is 0 Å². The lowest BCUT2D eigenvalue weighted by molar-refractivity contribution is 0.181. The minimum absolute atomic E-state index is 0.218. The maximum absolute atomic E-state index is 11.9. The number of imidazole rings is 1. The van der Waals surface area contributed by atoms with Crippen LogP contribution in [-0.2, 0) is 9.84 Å². The van der Waals surface area contributed by atoms with Crippen molar-refractivity contribution in [2.24, 2.45) is 0 Å². The zero-order chi connectivity index (χ0) is 19.5. The summed E-state index contributed by atoms with van der Waals surface area (Å²) in [6.07, 6.45) is 6.95. The average molecular weight is 396 g/mol. The zero-order valence-corrected chi connectivity index (χ0v) is 16.1. The van der Waals surface area contributed by atoms with Crippen molar-refractivity contribution in [3.8, 4) is 11.3 Å². The second-order valence-corrected chi connectivity index (χ2v) is 9.53. The molecule has 144 valence electrons. The van der Waals surface area contributed by atoms with Gasteiger partial charge in [0, 0.05) is 17.9 Å². The number of aliphatic hydroxyl groups excluding tert-OH is 1. The normalized spacial score (nSPS) is 20.4. The van der Waals surface area contributed by atoms with Crippen molar-refractivity contribution in [3.63, 3.8) is 0 Å². The predicted octanol–water partition coefficient (Wildman–Crippen LogP) is 2.91. The number of benzene rings is 1. The van der Waals surface area contributed by atoms with Crippen LogP contribution in [0.4, 0.5) is 0 Å². The summed E-state index contributed by atoms with van der Waals surface area (Å²) in [5.74, 6) is 1.16. The molecule has 1 saturated carbocycles. The van der Waals surface area contributed by atoms with Gasteiger partial charge >= 0.3 is 0 Å². The van der Waals surface area contributed by atoms with Gasteiger partial charge in [0.25, 0.3) is 0 Å². The Balaban J connectivity index is 1.67. The first-order valence-corrected chi connectivity index (χ1v) is 11.1. The van der Waals surface area contributed by atoms with Crippen molar-refractivity contribution < 1.29 is 13.5 Å². The molecule has 1 aliphatic rings. The Hall–Kier alpha value is -2.71. The number of H-pyrrole nitrogens is 1. The molecule has 28 heavy (non-hydrogen) atoms. The molecule has 0 radical (unpaired) electrons. The predicted molar refractivity (Wildman–Crippen MR) is 106 cm³/mol. The molecule has 7 nitrogen and oxygen atoms in total. The van der Waals surface area contributed by atoms with Gasteiger partial charge in [-0.1, -0.05) is 12.1 Å². The van der Waals surface area contributed by atoms with Crippen LogP contribution >= 0.6 is 0 Å². The average Bonchev–Trinajstić information content (AvgIpc) is 3.37. The van der Waals surface area contributed by atoms with Crippen molar-refractivity contribution in [1.82, 2.24) is 19.4 Å². The Labute approximate surface area is 162 Å². The summed E-state index contributed by atoms with van der Waals surface area (Å²) in [7, 11) is -3.28. The highest BCUT2D eigenvalue weighted by molar-refractivity contribution is 7.90. The smallest absolute Gasteiger partial charge is 0.175 e. The second-order valence-electron chi connectivity index (χ2n) is 7.52. The molecule has 0 amide bonds. The molecule has 3 aromatic heterocycles. The minimum Gasteiger partial charge on any atom is -0.393 e. The van der Waals surface area contributed by atoms with Crippen LogP contribution in [0, 0.1) is 0 Å². The van der Waals surface area contributed by atoms with Crippen LogP contribution in [0.15, 0.2) is 47.6 Å². The molecule has 3 heterocycles.